The molecule has 23 heavy (non-hydrogen) atoms. The molecule has 0 atom stereocenters. The van der Waals surface area contributed by atoms with Gasteiger partial charge in [0.25, 0.3) is 5.91 Å². The van der Waals surface area contributed by atoms with E-state index in [1.165, 1.54) is 30.6 Å². The summed E-state index contributed by atoms with van der Waals surface area (Å²) in [6, 6.07) is 4.61. The van der Waals surface area contributed by atoms with Crippen molar-refractivity contribution in [3.63, 3.8) is 0 Å². The first-order valence-corrected chi connectivity index (χ1v) is 7.91. The minimum Gasteiger partial charge on any atom is -0.478 e. The first-order chi connectivity index (χ1) is 10.9. The highest BCUT2D eigenvalue weighted by atomic mass is 32.1. The van der Waals surface area contributed by atoms with E-state index in [4.69, 9.17) is 9.84 Å². The molecule has 0 aliphatic carbocycles. The van der Waals surface area contributed by atoms with Gasteiger partial charge in [-0.25, -0.2) is 9.78 Å². The number of carboxylic acids is 1. The first kappa shape index (κ1) is 17.1. The fourth-order valence-corrected chi connectivity index (χ4v) is 2.81. The average Bonchev–Trinajstić information content (AvgIpc) is 2.97. The van der Waals surface area contributed by atoms with E-state index in [1.54, 1.807) is 11.4 Å². The summed E-state index contributed by atoms with van der Waals surface area (Å²) in [6.45, 7) is 4.28. The van der Waals surface area contributed by atoms with Gasteiger partial charge in [-0.3, -0.25) is 4.79 Å². The Balaban J connectivity index is 2.23. The Morgan fingerprint density at radius 1 is 1.35 bits per heavy atom. The number of aromatic nitrogens is 1. The van der Waals surface area contributed by atoms with Crippen molar-refractivity contribution in [2.45, 2.75) is 26.4 Å². The van der Waals surface area contributed by atoms with Gasteiger partial charge in [0, 0.05) is 24.1 Å². The first-order valence-electron chi connectivity index (χ1n) is 7.03. The lowest BCUT2D eigenvalue weighted by Crippen LogP contribution is -2.13. The van der Waals surface area contributed by atoms with Crippen molar-refractivity contribution in [3.05, 3.63) is 45.4 Å². The molecule has 122 valence electrons. The topological polar surface area (TPSA) is 88.5 Å². The van der Waals surface area contributed by atoms with Crippen LogP contribution in [0.3, 0.4) is 0 Å². The quantitative estimate of drug-likeness (QED) is 0.845. The van der Waals surface area contributed by atoms with Gasteiger partial charge in [-0.1, -0.05) is 13.8 Å². The molecule has 0 saturated heterocycles. The number of amides is 1. The monoisotopic (exact) mass is 334 g/mol. The number of aromatic carboxylic acids is 1. The second kappa shape index (κ2) is 7.34. The van der Waals surface area contributed by atoms with Crippen LogP contribution in [-0.4, -0.2) is 29.1 Å². The predicted molar refractivity (Wildman–Crippen MR) is 88.3 cm³/mol. The normalized spacial score (nSPS) is 10.8. The van der Waals surface area contributed by atoms with Gasteiger partial charge < -0.3 is 15.2 Å². The fraction of sp³-hybridized carbons (Fsp3) is 0.312. The van der Waals surface area contributed by atoms with Crippen LogP contribution in [0.2, 0.25) is 0 Å². The summed E-state index contributed by atoms with van der Waals surface area (Å²) in [6.07, 6.45) is 0. The fourth-order valence-electron chi connectivity index (χ4n) is 1.99. The Hall–Kier alpha value is -2.25. The zero-order valence-corrected chi connectivity index (χ0v) is 13.9. The van der Waals surface area contributed by atoms with Gasteiger partial charge in [0.1, 0.15) is 5.69 Å². The molecule has 0 bridgehead atoms. The number of carboxylic acid groups (broad SMARTS) is 1. The van der Waals surface area contributed by atoms with Crippen LogP contribution in [0.15, 0.2) is 23.6 Å². The van der Waals surface area contributed by atoms with Gasteiger partial charge in [0.05, 0.1) is 17.2 Å². The largest absolute Gasteiger partial charge is 0.478 e. The van der Waals surface area contributed by atoms with Gasteiger partial charge >= 0.3 is 5.97 Å². The standard InChI is InChI=1S/C16H18N2O4S/c1-9(2)15-18-13(8-23-15)14(19)17-12-5-10(7-22-3)4-11(6-12)16(20)21/h4-6,8-9H,7H2,1-3H3,(H,17,19)(H,20,21). The van der Waals surface area contributed by atoms with Crippen LogP contribution in [0.1, 0.15) is 51.2 Å². The van der Waals surface area contributed by atoms with E-state index in [0.29, 0.717) is 16.9 Å². The molecule has 1 aromatic heterocycles. The zero-order chi connectivity index (χ0) is 17.0. The van der Waals surface area contributed by atoms with Gasteiger partial charge in [0.15, 0.2) is 0 Å². The number of carbonyl (C=O) groups excluding carboxylic acids is 1. The van der Waals surface area contributed by atoms with E-state index >= 15 is 0 Å². The summed E-state index contributed by atoms with van der Waals surface area (Å²) in [4.78, 5) is 27.7. The van der Waals surface area contributed by atoms with Crippen LogP contribution in [-0.2, 0) is 11.3 Å². The van der Waals surface area contributed by atoms with Crippen molar-refractivity contribution in [1.29, 1.82) is 0 Å². The van der Waals surface area contributed by atoms with Crippen LogP contribution in [0.25, 0.3) is 0 Å². The lowest BCUT2D eigenvalue weighted by Gasteiger charge is -2.08. The molecule has 0 radical (unpaired) electrons. The second-order valence-electron chi connectivity index (χ2n) is 5.34. The number of ether oxygens (including phenoxy) is 1. The van der Waals surface area contributed by atoms with Gasteiger partial charge in [-0.05, 0) is 23.8 Å². The molecule has 0 aliphatic rings. The molecule has 2 rings (SSSR count). The van der Waals surface area contributed by atoms with Crippen molar-refractivity contribution in [1.82, 2.24) is 4.98 Å². The van der Waals surface area contributed by atoms with E-state index in [0.717, 1.165) is 5.01 Å². The maximum atomic E-state index is 12.3. The van der Waals surface area contributed by atoms with E-state index in [-0.39, 0.29) is 24.0 Å². The number of hydrogen-bond acceptors (Lipinski definition) is 5. The molecule has 0 saturated carbocycles. The third-order valence-corrected chi connectivity index (χ3v) is 4.20. The molecular formula is C16H18N2O4S. The Labute approximate surface area is 138 Å². The molecular weight excluding hydrogens is 316 g/mol. The summed E-state index contributed by atoms with van der Waals surface area (Å²) in [5.74, 6) is -1.17. The Bertz CT molecular complexity index is 725. The zero-order valence-electron chi connectivity index (χ0n) is 13.1. The summed E-state index contributed by atoms with van der Waals surface area (Å²) in [5.41, 5.74) is 1.49. The maximum Gasteiger partial charge on any atom is 0.335 e. The van der Waals surface area contributed by atoms with Crippen LogP contribution in [0, 0.1) is 0 Å². The molecule has 0 aliphatic heterocycles. The molecule has 1 aromatic carbocycles. The number of hydrogen-bond donors (Lipinski definition) is 2. The summed E-state index contributed by atoms with van der Waals surface area (Å²) >= 11 is 1.43. The lowest BCUT2D eigenvalue weighted by molar-refractivity contribution is 0.0696. The highest BCUT2D eigenvalue weighted by Gasteiger charge is 2.14. The van der Waals surface area contributed by atoms with Crippen LogP contribution < -0.4 is 5.32 Å². The SMILES string of the molecule is COCc1cc(NC(=O)c2csc(C(C)C)n2)cc(C(=O)O)c1. The molecule has 6 nitrogen and oxygen atoms in total. The number of nitrogens with zero attached hydrogens (tertiary/aromatic N) is 1. The van der Waals surface area contributed by atoms with E-state index in [2.05, 4.69) is 10.3 Å². The van der Waals surface area contributed by atoms with Crippen LogP contribution >= 0.6 is 11.3 Å². The van der Waals surface area contributed by atoms with E-state index in [1.807, 2.05) is 13.8 Å². The molecule has 2 N–H and O–H groups in total. The van der Waals surface area contributed by atoms with Crippen molar-refractivity contribution in [2.24, 2.45) is 0 Å². The summed E-state index contributed by atoms with van der Waals surface area (Å²) in [5, 5.41) is 14.4. The number of anilines is 1. The summed E-state index contributed by atoms with van der Waals surface area (Å²) in [7, 11) is 1.52. The average molecular weight is 334 g/mol. The minimum absolute atomic E-state index is 0.0935. The van der Waals surface area contributed by atoms with Gasteiger partial charge in [0.2, 0.25) is 0 Å². The van der Waals surface area contributed by atoms with Crippen molar-refractivity contribution < 1.29 is 19.4 Å². The molecule has 7 heteroatoms. The Kier molecular flexibility index (Phi) is 5.46. The number of benzene rings is 1. The minimum atomic E-state index is -1.06. The molecule has 1 heterocycles. The molecule has 2 aromatic rings. The van der Waals surface area contributed by atoms with Gasteiger partial charge in [-0.15, -0.1) is 11.3 Å². The van der Waals surface area contributed by atoms with Crippen molar-refractivity contribution in [2.75, 3.05) is 12.4 Å². The van der Waals surface area contributed by atoms with Crippen LogP contribution in [0.4, 0.5) is 5.69 Å². The smallest absolute Gasteiger partial charge is 0.335 e. The van der Waals surface area contributed by atoms with Crippen molar-refractivity contribution >= 4 is 28.9 Å². The summed E-state index contributed by atoms with van der Waals surface area (Å²) < 4.78 is 5.02. The highest BCUT2D eigenvalue weighted by Crippen LogP contribution is 2.21. The third-order valence-electron chi connectivity index (χ3n) is 3.06. The maximum absolute atomic E-state index is 12.3. The van der Waals surface area contributed by atoms with E-state index in [9.17, 15) is 9.59 Å². The molecule has 0 spiro atoms. The molecule has 0 fully saturated rings. The lowest BCUT2D eigenvalue weighted by atomic mass is 10.1. The highest BCUT2D eigenvalue weighted by molar-refractivity contribution is 7.09. The predicted octanol–water partition coefficient (Wildman–Crippen LogP) is 3.36. The number of nitrogens with one attached hydrogen (secondary N) is 1. The second-order valence-corrected chi connectivity index (χ2v) is 6.23. The molecule has 1 amide bonds. The van der Waals surface area contributed by atoms with Gasteiger partial charge in [-0.2, -0.15) is 0 Å². The number of methoxy groups -OCH3 is 1. The van der Waals surface area contributed by atoms with Crippen molar-refractivity contribution in [3.8, 4) is 0 Å². The van der Waals surface area contributed by atoms with E-state index < -0.39 is 5.97 Å². The Morgan fingerprint density at radius 3 is 2.65 bits per heavy atom. The van der Waals surface area contributed by atoms with Crippen LogP contribution in [0.5, 0.6) is 0 Å². The number of thiazole rings is 1. The number of rotatable bonds is 6. The molecule has 0 unspecified atom stereocenters. The Morgan fingerprint density at radius 2 is 2.09 bits per heavy atom. The third kappa shape index (κ3) is 4.37. The number of carbonyl (C=O) groups is 2.